The van der Waals surface area contributed by atoms with Crippen LogP contribution in [-0.4, -0.2) is 31.1 Å². The maximum atomic E-state index is 6.12. The van der Waals surface area contributed by atoms with Gasteiger partial charge in [0.1, 0.15) is 5.76 Å². The fourth-order valence-corrected chi connectivity index (χ4v) is 3.52. The lowest BCUT2D eigenvalue weighted by Gasteiger charge is -2.32. The lowest BCUT2D eigenvalue weighted by Crippen LogP contribution is -2.41. The molecule has 2 aromatic rings. The highest BCUT2D eigenvalue weighted by Crippen LogP contribution is 2.33. The number of aliphatic imine (C=N–C) groups is 1. The number of benzene rings is 1. The second kappa shape index (κ2) is 11.1. The summed E-state index contributed by atoms with van der Waals surface area (Å²) in [6, 6.07) is 8.67. The van der Waals surface area contributed by atoms with Gasteiger partial charge < -0.3 is 19.8 Å². The number of nitrogens with one attached hydrogen (secondary N) is 2. The molecular formula is C23H35IN4O2. The Morgan fingerprint density at radius 1 is 1.20 bits per heavy atom. The van der Waals surface area contributed by atoms with Crippen LogP contribution in [0.15, 0.2) is 39.9 Å². The van der Waals surface area contributed by atoms with Crippen molar-refractivity contribution < 1.29 is 9.15 Å². The number of nitrogens with zero attached hydrogens (tertiary/aromatic N) is 2. The van der Waals surface area contributed by atoms with Gasteiger partial charge in [-0.15, -0.1) is 24.0 Å². The molecule has 30 heavy (non-hydrogen) atoms. The smallest absolute Gasteiger partial charge is 0.213 e. The molecule has 1 aromatic heterocycles. The van der Waals surface area contributed by atoms with E-state index in [0.29, 0.717) is 18.4 Å². The highest BCUT2D eigenvalue weighted by atomic mass is 127. The molecule has 0 radical (unpaired) electrons. The minimum absolute atomic E-state index is 0. The van der Waals surface area contributed by atoms with Crippen LogP contribution in [0.4, 0.5) is 0 Å². The molecule has 0 saturated carbocycles. The first-order chi connectivity index (χ1) is 13.9. The van der Waals surface area contributed by atoms with Crippen molar-refractivity contribution in [2.45, 2.75) is 58.6 Å². The van der Waals surface area contributed by atoms with E-state index in [1.165, 1.54) is 11.1 Å². The third kappa shape index (κ3) is 6.70. The Labute approximate surface area is 197 Å². The summed E-state index contributed by atoms with van der Waals surface area (Å²) < 4.78 is 12.0. The first kappa shape index (κ1) is 24.7. The van der Waals surface area contributed by atoms with Crippen LogP contribution < -0.4 is 10.6 Å². The highest BCUT2D eigenvalue weighted by molar-refractivity contribution is 14.0. The van der Waals surface area contributed by atoms with Gasteiger partial charge in [-0.1, -0.05) is 50.6 Å². The van der Waals surface area contributed by atoms with Crippen LogP contribution >= 0.6 is 24.0 Å². The molecule has 0 amide bonds. The van der Waals surface area contributed by atoms with E-state index in [9.17, 15) is 0 Å². The van der Waals surface area contributed by atoms with Crippen molar-refractivity contribution in [3.05, 3.63) is 53.2 Å². The Kier molecular flexibility index (Phi) is 9.15. The minimum atomic E-state index is -0.0445. The molecule has 0 aliphatic carbocycles. The molecule has 0 bridgehead atoms. The molecule has 1 aliphatic rings. The number of halogens is 1. The molecule has 1 saturated heterocycles. The van der Waals surface area contributed by atoms with Crippen LogP contribution in [-0.2, 0) is 16.7 Å². The Balaban J connectivity index is 0.00000320. The second-order valence-electron chi connectivity index (χ2n) is 8.78. The average molecular weight is 526 g/mol. The molecule has 1 fully saturated rings. The number of hydrogen-bond donors (Lipinski definition) is 2. The van der Waals surface area contributed by atoms with Gasteiger partial charge in [0.05, 0.1) is 18.8 Å². The van der Waals surface area contributed by atoms with E-state index in [1.807, 2.05) is 0 Å². The molecule has 6 nitrogen and oxygen atoms in total. The topological polar surface area (TPSA) is 71.7 Å². The molecule has 3 rings (SSSR count). The van der Waals surface area contributed by atoms with E-state index in [-0.39, 0.29) is 35.5 Å². The molecule has 1 aliphatic heterocycles. The van der Waals surface area contributed by atoms with Crippen LogP contribution in [0.25, 0.3) is 0 Å². The predicted molar refractivity (Wildman–Crippen MR) is 131 cm³/mol. The Morgan fingerprint density at radius 2 is 1.93 bits per heavy atom. The number of aromatic nitrogens is 1. The quantitative estimate of drug-likeness (QED) is 0.335. The van der Waals surface area contributed by atoms with Crippen LogP contribution in [0.3, 0.4) is 0 Å². The molecule has 1 aromatic carbocycles. The summed E-state index contributed by atoms with van der Waals surface area (Å²) in [7, 11) is 1.78. The lowest BCUT2D eigenvalue weighted by molar-refractivity contribution is -0.0265. The van der Waals surface area contributed by atoms with Crippen LogP contribution in [0.5, 0.6) is 0 Å². The molecular weight excluding hydrogens is 491 g/mol. The monoisotopic (exact) mass is 526 g/mol. The van der Waals surface area contributed by atoms with E-state index in [2.05, 4.69) is 72.6 Å². The molecule has 2 atom stereocenters. The minimum Gasteiger partial charge on any atom is -0.443 e. The van der Waals surface area contributed by atoms with Gasteiger partial charge in [-0.2, -0.15) is 0 Å². The van der Waals surface area contributed by atoms with Gasteiger partial charge in [0.2, 0.25) is 5.89 Å². The summed E-state index contributed by atoms with van der Waals surface area (Å²) in [6.07, 6.45) is 4.15. The first-order valence-corrected chi connectivity index (χ1v) is 10.4. The SMILES string of the molecule is CN=C(NCc1ncc(C(C)(C)C)o1)NCC1CCCOC1c1ccc(C)cc1.I. The van der Waals surface area contributed by atoms with E-state index in [1.54, 1.807) is 13.2 Å². The third-order valence-electron chi connectivity index (χ3n) is 5.31. The van der Waals surface area contributed by atoms with E-state index in [4.69, 9.17) is 9.15 Å². The zero-order valence-corrected chi connectivity index (χ0v) is 21.0. The summed E-state index contributed by atoms with van der Waals surface area (Å²) in [4.78, 5) is 8.70. The number of aryl methyl sites for hydroxylation is 1. The van der Waals surface area contributed by atoms with E-state index < -0.39 is 0 Å². The number of oxazole rings is 1. The first-order valence-electron chi connectivity index (χ1n) is 10.4. The molecule has 2 N–H and O–H groups in total. The maximum absolute atomic E-state index is 6.12. The van der Waals surface area contributed by atoms with Crippen molar-refractivity contribution in [2.75, 3.05) is 20.2 Å². The van der Waals surface area contributed by atoms with Gasteiger partial charge in [0.25, 0.3) is 0 Å². The van der Waals surface area contributed by atoms with Crippen LogP contribution in [0.1, 0.15) is 62.5 Å². The fourth-order valence-electron chi connectivity index (χ4n) is 3.52. The predicted octanol–water partition coefficient (Wildman–Crippen LogP) is 4.73. The number of ether oxygens (including phenoxy) is 1. The van der Waals surface area contributed by atoms with E-state index >= 15 is 0 Å². The zero-order chi connectivity index (χ0) is 20.9. The Hall–Kier alpha value is -1.61. The van der Waals surface area contributed by atoms with Crippen molar-refractivity contribution >= 4 is 29.9 Å². The van der Waals surface area contributed by atoms with Crippen LogP contribution in [0, 0.1) is 12.8 Å². The molecule has 0 spiro atoms. The van der Waals surface area contributed by atoms with Gasteiger partial charge in [0.15, 0.2) is 5.96 Å². The van der Waals surface area contributed by atoms with E-state index in [0.717, 1.165) is 37.7 Å². The summed E-state index contributed by atoms with van der Waals surface area (Å²) in [6.45, 7) is 10.6. The zero-order valence-electron chi connectivity index (χ0n) is 18.7. The van der Waals surface area contributed by atoms with Crippen molar-refractivity contribution in [2.24, 2.45) is 10.9 Å². The lowest BCUT2D eigenvalue weighted by atomic mass is 9.89. The van der Waals surface area contributed by atoms with Crippen molar-refractivity contribution in [1.29, 1.82) is 0 Å². The van der Waals surface area contributed by atoms with Gasteiger partial charge in [-0.3, -0.25) is 4.99 Å². The highest BCUT2D eigenvalue weighted by Gasteiger charge is 2.27. The molecule has 7 heteroatoms. The summed E-state index contributed by atoms with van der Waals surface area (Å²) in [5, 5.41) is 6.74. The summed E-state index contributed by atoms with van der Waals surface area (Å²) >= 11 is 0. The average Bonchev–Trinajstić information content (AvgIpc) is 3.19. The normalized spacial score (nSPS) is 19.8. The van der Waals surface area contributed by atoms with Crippen molar-refractivity contribution in [3.63, 3.8) is 0 Å². The van der Waals surface area contributed by atoms with Gasteiger partial charge >= 0.3 is 0 Å². The van der Waals surface area contributed by atoms with Crippen LogP contribution in [0.2, 0.25) is 0 Å². The molecule has 166 valence electrons. The van der Waals surface area contributed by atoms with Gasteiger partial charge in [-0.05, 0) is 25.3 Å². The fraction of sp³-hybridized carbons (Fsp3) is 0.565. The van der Waals surface area contributed by atoms with Crippen molar-refractivity contribution in [1.82, 2.24) is 15.6 Å². The number of rotatable bonds is 5. The molecule has 2 unspecified atom stereocenters. The largest absolute Gasteiger partial charge is 0.443 e. The van der Waals surface area contributed by atoms with Gasteiger partial charge in [-0.25, -0.2) is 4.98 Å². The summed E-state index contributed by atoms with van der Waals surface area (Å²) in [5.41, 5.74) is 2.47. The maximum Gasteiger partial charge on any atom is 0.213 e. The number of guanidine groups is 1. The molecule has 2 heterocycles. The Bertz CT molecular complexity index is 811. The standard InChI is InChI=1S/C23H34N4O2.HI/c1-16-8-10-17(11-9-16)21-18(7-6-12-28-21)13-26-22(24-5)27-15-20-25-14-19(29-20)23(2,3)4;/h8-11,14,18,21H,6-7,12-13,15H2,1-5H3,(H2,24,26,27);1H. The van der Waals surface area contributed by atoms with Crippen molar-refractivity contribution in [3.8, 4) is 0 Å². The Morgan fingerprint density at radius 3 is 2.57 bits per heavy atom. The second-order valence-corrected chi connectivity index (χ2v) is 8.78. The van der Waals surface area contributed by atoms with Gasteiger partial charge in [0, 0.05) is 31.5 Å². The summed E-state index contributed by atoms with van der Waals surface area (Å²) in [5.74, 6) is 2.70. The number of hydrogen-bond acceptors (Lipinski definition) is 4. The third-order valence-corrected chi connectivity index (χ3v) is 5.31.